The van der Waals surface area contributed by atoms with Crippen molar-refractivity contribution in [2.75, 3.05) is 13.3 Å². The summed E-state index contributed by atoms with van der Waals surface area (Å²) in [5.74, 6) is 1.75. The predicted molar refractivity (Wildman–Crippen MR) is 89.7 cm³/mol. The van der Waals surface area contributed by atoms with Crippen molar-refractivity contribution in [3.8, 4) is 0 Å². The van der Waals surface area contributed by atoms with Crippen molar-refractivity contribution >= 4 is 23.3 Å². The van der Waals surface area contributed by atoms with Gasteiger partial charge in [0, 0.05) is 12.4 Å². The number of ether oxygens (including phenoxy) is 1. The minimum absolute atomic E-state index is 0.0707. The van der Waals surface area contributed by atoms with Gasteiger partial charge in [-0.25, -0.2) is 0 Å². The molecule has 1 fully saturated rings. The molecule has 0 aromatic heterocycles. The van der Waals surface area contributed by atoms with Crippen LogP contribution in [-0.4, -0.2) is 47.7 Å². The zero-order valence-corrected chi connectivity index (χ0v) is 15.7. The van der Waals surface area contributed by atoms with Gasteiger partial charge in [-0.15, -0.1) is 0 Å². The Hall–Kier alpha value is 0.172. The summed E-state index contributed by atoms with van der Waals surface area (Å²) >= 11 is 0. The molecule has 3 atom stereocenters. The minimum Gasteiger partial charge on any atom is -0.412 e. The highest BCUT2D eigenvalue weighted by Crippen LogP contribution is 2.41. The third-order valence-corrected chi connectivity index (χ3v) is 9.47. The highest BCUT2D eigenvalue weighted by atomic mass is 31.2. The number of hydrogen-bond acceptors (Lipinski definition) is 3. The molecule has 0 bridgehead atoms. The molecule has 2 radical (unpaired) electrons. The molecule has 1 aliphatic rings. The summed E-state index contributed by atoms with van der Waals surface area (Å²) in [6.07, 6.45) is 2.45. The van der Waals surface area contributed by atoms with Gasteiger partial charge < -0.3 is 13.7 Å². The average Bonchev–Trinajstić information content (AvgIpc) is 2.53. The van der Waals surface area contributed by atoms with Crippen molar-refractivity contribution in [1.29, 1.82) is 0 Å². The van der Waals surface area contributed by atoms with Gasteiger partial charge in [0.1, 0.15) is 15.0 Å². The van der Waals surface area contributed by atoms with E-state index in [2.05, 4.69) is 33.9 Å². The third-order valence-electron chi connectivity index (χ3n) is 4.07. The molecular weight excluding hydrogens is 286 g/mol. The lowest BCUT2D eigenvalue weighted by Gasteiger charge is -2.39. The van der Waals surface area contributed by atoms with Gasteiger partial charge in [-0.3, -0.25) is 0 Å². The Morgan fingerprint density at radius 3 is 2.35 bits per heavy atom. The molecular formula is C14H28BO3PSi. The highest BCUT2D eigenvalue weighted by molar-refractivity contribution is 7.65. The van der Waals surface area contributed by atoms with Gasteiger partial charge in [0.15, 0.2) is 8.32 Å². The molecule has 1 saturated heterocycles. The van der Waals surface area contributed by atoms with E-state index in [9.17, 15) is 4.57 Å². The van der Waals surface area contributed by atoms with Crippen LogP contribution in [0.2, 0.25) is 18.1 Å². The largest absolute Gasteiger partial charge is 0.412 e. The molecule has 0 spiro atoms. The summed E-state index contributed by atoms with van der Waals surface area (Å²) < 4.78 is 23.7. The van der Waals surface area contributed by atoms with Gasteiger partial charge in [-0.2, -0.15) is 0 Å². The van der Waals surface area contributed by atoms with Crippen LogP contribution in [0.25, 0.3) is 0 Å². The first-order chi connectivity index (χ1) is 8.82. The lowest BCUT2D eigenvalue weighted by molar-refractivity contribution is 0.0812. The van der Waals surface area contributed by atoms with Gasteiger partial charge in [-0.05, 0) is 37.3 Å². The summed E-state index contributed by atoms with van der Waals surface area (Å²) in [4.78, 5) is 0. The second-order valence-electron chi connectivity index (χ2n) is 7.57. The summed E-state index contributed by atoms with van der Waals surface area (Å²) in [7, 11) is 2.03. The monoisotopic (exact) mass is 314 g/mol. The fourth-order valence-electron chi connectivity index (χ4n) is 1.81. The van der Waals surface area contributed by atoms with Gasteiger partial charge in [0.25, 0.3) is 0 Å². The van der Waals surface area contributed by atoms with Gasteiger partial charge in [0.05, 0.1) is 12.2 Å². The van der Waals surface area contributed by atoms with Crippen LogP contribution in [-0.2, 0) is 13.7 Å². The maximum absolute atomic E-state index is 11.7. The number of hydrogen-bond donors (Lipinski definition) is 0. The SMILES string of the molecule is [B][C@@H]1O[C@H](/C=C/P(C)(C)=O)CC1O[Si](C)(C)C(C)(C)C. The molecule has 114 valence electrons. The van der Waals surface area contributed by atoms with Crippen LogP contribution in [0.3, 0.4) is 0 Å². The second-order valence-corrected chi connectivity index (χ2v) is 15.5. The first-order valence-electron chi connectivity index (χ1n) is 7.15. The van der Waals surface area contributed by atoms with Gasteiger partial charge >= 0.3 is 0 Å². The van der Waals surface area contributed by atoms with Crippen LogP contribution in [0.1, 0.15) is 27.2 Å². The molecule has 0 amide bonds. The molecule has 1 rings (SSSR count). The van der Waals surface area contributed by atoms with Gasteiger partial charge in [-0.1, -0.05) is 26.8 Å². The Morgan fingerprint density at radius 2 is 1.90 bits per heavy atom. The summed E-state index contributed by atoms with van der Waals surface area (Å²) in [5, 5.41) is 0.156. The van der Waals surface area contributed by atoms with Crippen LogP contribution in [0, 0.1) is 0 Å². The maximum atomic E-state index is 11.7. The quantitative estimate of drug-likeness (QED) is 0.585. The van der Waals surface area contributed by atoms with E-state index in [1.807, 2.05) is 6.08 Å². The zero-order chi connectivity index (χ0) is 15.8. The Kier molecular flexibility index (Phi) is 5.57. The smallest absolute Gasteiger partial charge is 0.192 e. The van der Waals surface area contributed by atoms with E-state index >= 15 is 0 Å². The van der Waals surface area contributed by atoms with Crippen molar-refractivity contribution < 1.29 is 13.7 Å². The van der Waals surface area contributed by atoms with Crippen molar-refractivity contribution in [3.63, 3.8) is 0 Å². The van der Waals surface area contributed by atoms with Crippen molar-refractivity contribution in [2.45, 2.75) is 63.5 Å². The predicted octanol–water partition coefficient (Wildman–Crippen LogP) is 3.80. The third kappa shape index (κ3) is 5.18. The minimum atomic E-state index is -2.16. The fourth-order valence-corrected chi connectivity index (χ4v) is 3.75. The molecule has 0 saturated carbocycles. The second kappa shape index (κ2) is 6.12. The Balaban J connectivity index is 2.67. The zero-order valence-electron chi connectivity index (χ0n) is 13.8. The molecule has 3 nitrogen and oxygen atoms in total. The Bertz CT molecular complexity index is 411. The first kappa shape index (κ1) is 18.2. The maximum Gasteiger partial charge on any atom is 0.192 e. The first-order valence-corrected chi connectivity index (χ1v) is 12.7. The summed E-state index contributed by atoms with van der Waals surface area (Å²) in [6, 6.07) is -0.396. The fraction of sp³-hybridized carbons (Fsp3) is 0.857. The Morgan fingerprint density at radius 1 is 1.35 bits per heavy atom. The molecule has 20 heavy (non-hydrogen) atoms. The van der Waals surface area contributed by atoms with Crippen molar-refractivity contribution in [2.24, 2.45) is 0 Å². The standard InChI is InChI=1S/C14H28BO3PSi/c1-14(2,3)20(6,7)18-12-10-11(17-13(12)15)8-9-19(4,5)16/h8-9,11-13H,10H2,1-7H3/b9-8+/t11-,12?,13-/m1/s1. The molecule has 6 heteroatoms. The van der Waals surface area contributed by atoms with Crippen LogP contribution in [0.5, 0.6) is 0 Å². The normalized spacial score (nSPS) is 29.2. The number of rotatable bonds is 4. The van der Waals surface area contributed by atoms with E-state index in [-0.39, 0.29) is 17.2 Å². The van der Waals surface area contributed by atoms with Crippen LogP contribution < -0.4 is 0 Å². The average molecular weight is 314 g/mol. The van der Waals surface area contributed by atoms with E-state index in [0.717, 1.165) is 6.42 Å². The van der Waals surface area contributed by atoms with Crippen molar-refractivity contribution in [1.82, 2.24) is 0 Å². The molecule has 1 heterocycles. The van der Waals surface area contributed by atoms with E-state index in [1.165, 1.54) is 0 Å². The summed E-state index contributed by atoms with van der Waals surface area (Å²) in [5.41, 5.74) is 0. The summed E-state index contributed by atoms with van der Waals surface area (Å²) in [6.45, 7) is 14.5. The molecule has 0 aliphatic carbocycles. The lowest BCUT2D eigenvalue weighted by atomic mass is 9.94. The van der Waals surface area contributed by atoms with Crippen molar-refractivity contribution in [3.05, 3.63) is 11.9 Å². The molecule has 0 aromatic carbocycles. The molecule has 0 aromatic rings. The van der Waals surface area contributed by atoms with E-state index in [0.29, 0.717) is 0 Å². The van der Waals surface area contributed by atoms with Crippen LogP contribution in [0.4, 0.5) is 0 Å². The molecule has 1 aliphatic heterocycles. The topological polar surface area (TPSA) is 35.5 Å². The van der Waals surface area contributed by atoms with E-state index in [4.69, 9.17) is 17.0 Å². The van der Waals surface area contributed by atoms with Gasteiger partial charge in [0.2, 0.25) is 0 Å². The Labute approximate surface area is 126 Å². The van der Waals surface area contributed by atoms with Crippen LogP contribution >= 0.6 is 7.14 Å². The lowest BCUT2D eigenvalue weighted by Crippen LogP contribution is -2.46. The highest BCUT2D eigenvalue weighted by Gasteiger charge is 2.42. The molecule has 0 N–H and O–H groups in total. The van der Waals surface area contributed by atoms with E-state index in [1.54, 1.807) is 19.1 Å². The molecule has 1 unspecified atom stereocenters. The van der Waals surface area contributed by atoms with E-state index < -0.39 is 21.5 Å². The van der Waals surface area contributed by atoms with Crippen LogP contribution in [0.15, 0.2) is 11.9 Å².